The van der Waals surface area contributed by atoms with Gasteiger partial charge in [-0.15, -0.1) is 0 Å². The third kappa shape index (κ3) is 4.24. The van der Waals surface area contributed by atoms with Gasteiger partial charge in [0.25, 0.3) is 0 Å². The molecule has 5 nitrogen and oxygen atoms in total. The lowest BCUT2D eigenvalue weighted by molar-refractivity contribution is 0.0374. The van der Waals surface area contributed by atoms with Gasteiger partial charge in [-0.3, -0.25) is 4.90 Å². The summed E-state index contributed by atoms with van der Waals surface area (Å²) in [5, 5.41) is 12.8. The van der Waals surface area contributed by atoms with Crippen molar-refractivity contribution in [1.82, 2.24) is 14.8 Å². The minimum absolute atomic E-state index is 0.697. The average Bonchev–Trinajstić information content (AvgIpc) is 3.10. The predicted octanol–water partition coefficient (Wildman–Crippen LogP) is 2.16. The van der Waals surface area contributed by atoms with Crippen LogP contribution in [0.3, 0.4) is 0 Å². The summed E-state index contributed by atoms with van der Waals surface area (Å²) in [6, 6.07) is 14.1. The Labute approximate surface area is 143 Å². The number of para-hydroxylation sites is 1. The molecule has 0 atom stereocenters. The van der Waals surface area contributed by atoms with Crippen LogP contribution in [-0.4, -0.2) is 48.9 Å². The second-order valence-corrected chi connectivity index (χ2v) is 5.98. The summed E-state index contributed by atoms with van der Waals surface area (Å²) in [5.41, 5.74) is 2.81. The van der Waals surface area contributed by atoms with Gasteiger partial charge in [0, 0.05) is 31.5 Å². The number of hydrogen-bond acceptors (Lipinski definition) is 4. The summed E-state index contributed by atoms with van der Waals surface area (Å²) in [6.45, 7) is 6.73. The van der Waals surface area contributed by atoms with Crippen molar-refractivity contribution in [2.45, 2.75) is 13.0 Å². The first-order chi connectivity index (χ1) is 11.9. The number of nitriles is 1. The third-order valence-electron chi connectivity index (χ3n) is 4.35. The van der Waals surface area contributed by atoms with Crippen molar-refractivity contribution in [3.8, 4) is 11.8 Å². The number of nitrogens with one attached hydrogen (secondary N) is 1. The summed E-state index contributed by atoms with van der Waals surface area (Å²) in [4.78, 5) is 2.46. The Bertz CT molecular complexity index is 683. The number of nitrogens with zero attached hydrogens (tertiary/aromatic N) is 3. The number of rotatable bonds is 7. The van der Waals surface area contributed by atoms with Gasteiger partial charge in [0.1, 0.15) is 6.07 Å². The zero-order valence-electron chi connectivity index (χ0n) is 13.9. The molecule has 1 aliphatic rings. The Balaban J connectivity index is 1.50. The topological polar surface area (TPSA) is 53.2 Å². The minimum Gasteiger partial charge on any atom is -0.379 e. The summed E-state index contributed by atoms with van der Waals surface area (Å²) in [5.74, 6) is 0. The van der Waals surface area contributed by atoms with Gasteiger partial charge in [-0.1, -0.05) is 12.1 Å². The Kier molecular flexibility index (Phi) is 6.02. The van der Waals surface area contributed by atoms with Gasteiger partial charge in [-0.05, 0) is 43.8 Å². The molecule has 2 heterocycles. The highest BCUT2D eigenvalue weighted by Gasteiger charge is 2.10. The smallest absolute Gasteiger partial charge is 0.101 e. The van der Waals surface area contributed by atoms with Crippen LogP contribution in [-0.2, 0) is 11.3 Å². The molecule has 1 saturated heterocycles. The fraction of sp³-hybridized carbons (Fsp3) is 0.421. The molecule has 0 bridgehead atoms. The van der Waals surface area contributed by atoms with Gasteiger partial charge in [-0.25, -0.2) is 0 Å². The van der Waals surface area contributed by atoms with E-state index in [4.69, 9.17) is 4.74 Å². The van der Waals surface area contributed by atoms with Crippen LogP contribution >= 0.6 is 0 Å². The molecule has 1 N–H and O–H groups in total. The van der Waals surface area contributed by atoms with E-state index in [-0.39, 0.29) is 0 Å². The number of ether oxygens (including phenoxy) is 1. The van der Waals surface area contributed by atoms with E-state index in [1.807, 2.05) is 36.5 Å². The molecule has 0 unspecified atom stereocenters. The predicted molar refractivity (Wildman–Crippen MR) is 94.1 cm³/mol. The van der Waals surface area contributed by atoms with Crippen molar-refractivity contribution in [3.63, 3.8) is 0 Å². The summed E-state index contributed by atoms with van der Waals surface area (Å²) in [6.07, 6.45) is 3.15. The Morgan fingerprint density at radius 2 is 1.96 bits per heavy atom. The quantitative estimate of drug-likeness (QED) is 0.793. The molecule has 1 fully saturated rings. The van der Waals surface area contributed by atoms with Crippen molar-refractivity contribution in [2.75, 3.05) is 39.4 Å². The van der Waals surface area contributed by atoms with Gasteiger partial charge < -0.3 is 14.6 Å². The fourth-order valence-electron chi connectivity index (χ4n) is 3.04. The van der Waals surface area contributed by atoms with E-state index >= 15 is 0 Å². The second kappa shape index (κ2) is 8.65. The standard InChI is InChI=1S/C19H24N4O/c20-15-17-5-1-2-7-19(17)23-10-3-6-18(23)16-21-8-4-9-22-11-13-24-14-12-22/h1-3,5-7,10,21H,4,8-9,11-14,16H2. The Morgan fingerprint density at radius 3 is 2.79 bits per heavy atom. The summed E-state index contributed by atoms with van der Waals surface area (Å²) < 4.78 is 7.46. The van der Waals surface area contributed by atoms with Gasteiger partial charge >= 0.3 is 0 Å². The molecule has 1 aromatic heterocycles. The van der Waals surface area contributed by atoms with E-state index in [0.29, 0.717) is 5.56 Å². The van der Waals surface area contributed by atoms with Crippen LogP contribution in [0.1, 0.15) is 17.7 Å². The molecule has 0 spiro atoms. The molecule has 3 rings (SSSR count). The molecule has 2 aromatic rings. The van der Waals surface area contributed by atoms with E-state index in [0.717, 1.165) is 58.0 Å². The molecule has 1 aromatic carbocycles. The highest BCUT2D eigenvalue weighted by atomic mass is 16.5. The zero-order chi connectivity index (χ0) is 16.6. The van der Waals surface area contributed by atoms with Crippen molar-refractivity contribution < 1.29 is 4.74 Å². The van der Waals surface area contributed by atoms with E-state index in [1.54, 1.807) is 0 Å². The molecule has 126 valence electrons. The molecule has 0 aliphatic carbocycles. The average molecular weight is 324 g/mol. The second-order valence-electron chi connectivity index (χ2n) is 5.98. The number of hydrogen-bond donors (Lipinski definition) is 1. The Morgan fingerprint density at radius 1 is 1.12 bits per heavy atom. The SMILES string of the molecule is N#Cc1ccccc1-n1cccc1CNCCCN1CCOCC1. The van der Waals surface area contributed by atoms with Crippen LogP contribution in [0.4, 0.5) is 0 Å². The first-order valence-corrected chi connectivity index (χ1v) is 8.55. The fourth-order valence-corrected chi connectivity index (χ4v) is 3.04. The van der Waals surface area contributed by atoms with Crippen molar-refractivity contribution in [3.05, 3.63) is 53.9 Å². The molecular weight excluding hydrogens is 300 g/mol. The summed E-state index contributed by atoms with van der Waals surface area (Å²) in [7, 11) is 0. The lowest BCUT2D eigenvalue weighted by Crippen LogP contribution is -2.37. The van der Waals surface area contributed by atoms with Gasteiger partial charge in [0.15, 0.2) is 0 Å². The number of morpholine rings is 1. The van der Waals surface area contributed by atoms with Crippen molar-refractivity contribution in [1.29, 1.82) is 5.26 Å². The van der Waals surface area contributed by atoms with Crippen LogP contribution < -0.4 is 5.32 Å². The zero-order valence-corrected chi connectivity index (χ0v) is 13.9. The normalized spacial score (nSPS) is 15.3. The maximum Gasteiger partial charge on any atom is 0.101 e. The Hall–Kier alpha value is -2.13. The first-order valence-electron chi connectivity index (χ1n) is 8.55. The lowest BCUT2D eigenvalue weighted by Gasteiger charge is -2.26. The van der Waals surface area contributed by atoms with Gasteiger partial charge in [0.05, 0.1) is 24.5 Å². The van der Waals surface area contributed by atoms with E-state index < -0.39 is 0 Å². The molecule has 0 saturated carbocycles. The minimum atomic E-state index is 0.697. The highest BCUT2D eigenvalue weighted by Crippen LogP contribution is 2.16. The largest absolute Gasteiger partial charge is 0.379 e. The lowest BCUT2D eigenvalue weighted by atomic mass is 10.2. The molecule has 5 heteroatoms. The van der Waals surface area contributed by atoms with Crippen LogP contribution in [0.5, 0.6) is 0 Å². The molecule has 0 radical (unpaired) electrons. The highest BCUT2D eigenvalue weighted by molar-refractivity contribution is 5.49. The molecule has 0 amide bonds. The monoisotopic (exact) mass is 324 g/mol. The first kappa shape index (κ1) is 16.7. The number of aromatic nitrogens is 1. The maximum atomic E-state index is 9.29. The third-order valence-corrected chi connectivity index (χ3v) is 4.35. The maximum absolute atomic E-state index is 9.29. The molecular formula is C19H24N4O. The molecule has 24 heavy (non-hydrogen) atoms. The van der Waals surface area contributed by atoms with Crippen molar-refractivity contribution >= 4 is 0 Å². The molecule has 1 aliphatic heterocycles. The van der Waals surface area contributed by atoms with Crippen LogP contribution in [0, 0.1) is 11.3 Å². The van der Waals surface area contributed by atoms with Crippen LogP contribution in [0.15, 0.2) is 42.6 Å². The van der Waals surface area contributed by atoms with Crippen LogP contribution in [0.25, 0.3) is 5.69 Å². The summed E-state index contributed by atoms with van der Waals surface area (Å²) >= 11 is 0. The van der Waals surface area contributed by atoms with E-state index in [9.17, 15) is 5.26 Å². The van der Waals surface area contributed by atoms with Gasteiger partial charge in [0.2, 0.25) is 0 Å². The van der Waals surface area contributed by atoms with E-state index in [2.05, 4.69) is 26.9 Å². The van der Waals surface area contributed by atoms with E-state index in [1.165, 1.54) is 5.69 Å². The van der Waals surface area contributed by atoms with Gasteiger partial charge in [-0.2, -0.15) is 5.26 Å². The van der Waals surface area contributed by atoms with Crippen LogP contribution in [0.2, 0.25) is 0 Å². The van der Waals surface area contributed by atoms with Crippen molar-refractivity contribution in [2.24, 2.45) is 0 Å². The number of benzene rings is 1.